The van der Waals surface area contributed by atoms with Crippen molar-refractivity contribution in [2.75, 3.05) is 18.0 Å². The molecule has 2 aliphatic rings. The van der Waals surface area contributed by atoms with Crippen LogP contribution in [-0.2, 0) is 12.8 Å². The minimum atomic E-state index is 0.149. The zero-order valence-electron chi connectivity index (χ0n) is 13.2. The Kier molecular flexibility index (Phi) is 3.64. The van der Waals surface area contributed by atoms with Crippen molar-refractivity contribution >= 4 is 11.7 Å². The standard InChI is InChI=1S/C17H26N4/c1-17(2)7-4-9-21(10-8-17)16-13(15(18)19)11-12-5-3-6-14(12)20-16/h11H,3-10H2,1-2H3,(H3,18,19). The van der Waals surface area contributed by atoms with E-state index >= 15 is 0 Å². The van der Waals surface area contributed by atoms with Crippen molar-refractivity contribution in [3.05, 3.63) is 22.9 Å². The molecule has 0 radical (unpaired) electrons. The van der Waals surface area contributed by atoms with E-state index in [-0.39, 0.29) is 5.84 Å². The Morgan fingerprint density at radius 1 is 1.24 bits per heavy atom. The van der Waals surface area contributed by atoms with E-state index in [1.54, 1.807) is 0 Å². The fourth-order valence-corrected chi connectivity index (χ4v) is 3.54. The van der Waals surface area contributed by atoms with Gasteiger partial charge in [0, 0.05) is 18.8 Å². The van der Waals surface area contributed by atoms with Gasteiger partial charge in [-0.2, -0.15) is 0 Å². The normalized spacial score (nSPS) is 21.0. The molecule has 3 N–H and O–H groups in total. The van der Waals surface area contributed by atoms with Crippen molar-refractivity contribution in [2.45, 2.75) is 52.4 Å². The van der Waals surface area contributed by atoms with Gasteiger partial charge in [-0.1, -0.05) is 13.8 Å². The summed E-state index contributed by atoms with van der Waals surface area (Å²) >= 11 is 0. The molecule has 2 heterocycles. The summed E-state index contributed by atoms with van der Waals surface area (Å²) < 4.78 is 0. The number of amidine groups is 1. The lowest BCUT2D eigenvalue weighted by Gasteiger charge is -2.26. The Hall–Kier alpha value is -1.58. The molecule has 0 aromatic carbocycles. The molecule has 0 bridgehead atoms. The zero-order valence-corrected chi connectivity index (χ0v) is 13.2. The van der Waals surface area contributed by atoms with E-state index in [0.717, 1.165) is 37.3 Å². The summed E-state index contributed by atoms with van der Waals surface area (Å²) in [5, 5.41) is 7.90. The van der Waals surface area contributed by atoms with Crippen molar-refractivity contribution in [3.8, 4) is 0 Å². The van der Waals surface area contributed by atoms with Gasteiger partial charge in [0.25, 0.3) is 0 Å². The highest BCUT2D eigenvalue weighted by Crippen LogP contribution is 2.33. The van der Waals surface area contributed by atoms with Gasteiger partial charge < -0.3 is 10.6 Å². The molecular formula is C17H26N4. The third-order valence-corrected chi connectivity index (χ3v) is 4.96. The Balaban J connectivity index is 1.95. The number of aryl methyl sites for hydroxylation is 2. The van der Waals surface area contributed by atoms with E-state index < -0.39 is 0 Å². The number of anilines is 1. The molecular weight excluding hydrogens is 260 g/mol. The zero-order chi connectivity index (χ0) is 15.0. The average Bonchev–Trinajstić information content (AvgIpc) is 2.80. The van der Waals surface area contributed by atoms with Crippen LogP contribution in [0.5, 0.6) is 0 Å². The lowest BCUT2D eigenvalue weighted by molar-refractivity contribution is 0.325. The Morgan fingerprint density at radius 3 is 2.81 bits per heavy atom. The maximum atomic E-state index is 7.90. The van der Waals surface area contributed by atoms with Crippen LogP contribution in [0.2, 0.25) is 0 Å². The third kappa shape index (κ3) is 2.89. The Morgan fingerprint density at radius 2 is 2.05 bits per heavy atom. The monoisotopic (exact) mass is 286 g/mol. The van der Waals surface area contributed by atoms with E-state index in [1.165, 1.54) is 36.9 Å². The predicted octanol–water partition coefficient (Wildman–Crippen LogP) is 2.87. The second-order valence-electron chi connectivity index (χ2n) is 7.24. The highest BCUT2D eigenvalue weighted by molar-refractivity contribution is 6.00. The minimum Gasteiger partial charge on any atom is -0.384 e. The minimum absolute atomic E-state index is 0.149. The number of hydrogen-bond donors (Lipinski definition) is 2. The summed E-state index contributed by atoms with van der Waals surface area (Å²) in [7, 11) is 0. The van der Waals surface area contributed by atoms with Gasteiger partial charge in [-0.05, 0) is 55.6 Å². The summed E-state index contributed by atoms with van der Waals surface area (Å²) in [6.07, 6.45) is 6.93. The molecule has 1 aromatic heterocycles. The molecule has 0 amide bonds. The molecule has 3 rings (SSSR count). The summed E-state index contributed by atoms with van der Waals surface area (Å²) in [5.41, 5.74) is 9.57. The molecule has 0 atom stereocenters. The number of aromatic nitrogens is 1. The molecule has 1 aromatic rings. The molecule has 1 aliphatic carbocycles. The topological polar surface area (TPSA) is 66.0 Å². The summed E-state index contributed by atoms with van der Waals surface area (Å²) in [4.78, 5) is 7.24. The highest BCUT2D eigenvalue weighted by atomic mass is 15.2. The molecule has 21 heavy (non-hydrogen) atoms. The average molecular weight is 286 g/mol. The van der Waals surface area contributed by atoms with Crippen molar-refractivity contribution in [3.63, 3.8) is 0 Å². The first-order valence-electron chi connectivity index (χ1n) is 8.08. The predicted molar refractivity (Wildman–Crippen MR) is 87.1 cm³/mol. The van der Waals surface area contributed by atoms with E-state index in [2.05, 4.69) is 24.8 Å². The molecule has 0 unspecified atom stereocenters. The Bertz CT molecular complexity index is 562. The maximum absolute atomic E-state index is 7.90. The van der Waals surface area contributed by atoms with Crippen molar-refractivity contribution in [1.82, 2.24) is 4.98 Å². The van der Waals surface area contributed by atoms with Gasteiger partial charge in [-0.25, -0.2) is 4.98 Å². The van der Waals surface area contributed by atoms with Gasteiger partial charge in [-0.3, -0.25) is 5.41 Å². The lowest BCUT2D eigenvalue weighted by Crippen LogP contribution is -2.29. The van der Waals surface area contributed by atoms with Crippen LogP contribution >= 0.6 is 0 Å². The van der Waals surface area contributed by atoms with Gasteiger partial charge in [0.15, 0.2) is 0 Å². The van der Waals surface area contributed by atoms with Gasteiger partial charge in [0.05, 0.1) is 5.56 Å². The molecule has 1 saturated heterocycles. The SMILES string of the molecule is CC1(C)CCCN(c2nc3c(cc2C(=N)N)CCC3)CC1. The Labute approximate surface area is 127 Å². The summed E-state index contributed by atoms with van der Waals surface area (Å²) in [6, 6.07) is 2.11. The summed E-state index contributed by atoms with van der Waals surface area (Å²) in [5.74, 6) is 1.09. The molecule has 1 fully saturated rings. The second kappa shape index (κ2) is 5.32. The molecule has 0 saturated carbocycles. The fraction of sp³-hybridized carbons (Fsp3) is 0.647. The quantitative estimate of drug-likeness (QED) is 0.649. The van der Waals surface area contributed by atoms with E-state index in [4.69, 9.17) is 16.1 Å². The molecule has 0 spiro atoms. The van der Waals surface area contributed by atoms with Crippen LogP contribution in [-0.4, -0.2) is 23.9 Å². The van der Waals surface area contributed by atoms with E-state index in [0.29, 0.717) is 5.41 Å². The summed E-state index contributed by atoms with van der Waals surface area (Å²) in [6.45, 7) is 6.73. The largest absolute Gasteiger partial charge is 0.384 e. The first-order valence-corrected chi connectivity index (χ1v) is 8.08. The van der Waals surface area contributed by atoms with Crippen LogP contribution in [0, 0.1) is 10.8 Å². The number of nitrogens with one attached hydrogen (secondary N) is 1. The van der Waals surface area contributed by atoms with Gasteiger partial charge in [0.1, 0.15) is 11.7 Å². The van der Waals surface area contributed by atoms with Crippen molar-refractivity contribution < 1.29 is 0 Å². The van der Waals surface area contributed by atoms with E-state index in [1.807, 2.05) is 0 Å². The number of hydrogen-bond acceptors (Lipinski definition) is 3. The van der Waals surface area contributed by atoms with Gasteiger partial charge in [0.2, 0.25) is 0 Å². The molecule has 1 aliphatic heterocycles. The third-order valence-electron chi connectivity index (χ3n) is 4.96. The van der Waals surface area contributed by atoms with Crippen LogP contribution < -0.4 is 10.6 Å². The molecule has 114 valence electrons. The fourth-order valence-electron chi connectivity index (χ4n) is 3.54. The number of nitrogens with two attached hydrogens (primary N) is 1. The first kappa shape index (κ1) is 14.4. The van der Waals surface area contributed by atoms with E-state index in [9.17, 15) is 0 Å². The van der Waals surface area contributed by atoms with Gasteiger partial charge in [-0.15, -0.1) is 0 Å². The molecule has 4 heteroatoms. The number of pyridine rings is 1. The number of nitrogens with zero attached hydrogens (tertiary/aromatic N) is 2. The second-order valence-corrected chi connectivity index (χ2v) is 7.24. The van der Waals surface area contributed by atoms with Crippen molar-refractivity contribution in [2.24, 2.45) is 11.1 Å². The number of nitrogen functional groups attached to an aromatic ring is 1. The van der Waals surface area contributed by atoms with Crippen LogP contribution in [0.25, 0.3) is 0 Å². The van der Waals surface area contributed by atoms with Crippen LogP contribution in [0.3, 0.4) is 0 Å². The smallest absolute Gasteiger partial charge is 0.139 e. The van der Waals surface area contributed by atoms with Gasteiger partial charge >= 0.3 is 0 Å². The molecule has 4 nitrogen and oxygen atoms in total. The first-order chi connectivity index (χ1) is 9.96. The van der Waals surface area contributed by atoms with Crippen LogP contribution in [0.4, 0.5) is 5.82 Å². The lowest BCUT2D eigenvalue weighted by atomic mass is 9.85. The highest BCUT2D eigenvalue weighted by Gasteiger charge is 2.26. The maximum Gasteiger partial charge on any atom is 0.139 e. The number of fused-ring (bicyclic) bond motifs is 1. The van der Waals surface area contributed by atoms with Crippen LogP contribution in [0.15, 0.2) is 6.07 Å². The van der Waals surface area contributed by atoms with Crippen LogP contribution in [0.1, 0.15) is 56.4 Å². The number of rotatable bonds is 2. The van der Waals surface area contributed by atoms with Crippen molar-refractivity contribution in [1.29, 1.82) is 5.41 Å².